The van der Waals surface area contributed by atoms with Gasteiger partial charge in [-0.15, -0.1) is 0 Å². The van der Waals surface area contributed by atoms with E-state index in [4.69, 9.17) is 0 Å². The molecule has 0 N–H and O–H groups in total. The molecule has 0 bridgehead atoms. The maximum atomic E-state index is 13.5. The van der Waals surface area contributed by atoms with E-state index in [1.165, 1.54) is 12.5 Å². The summed E-state index contributed by atoms with van der Waals surface area (Å²) in [5.74, 6) is -0.447. The molecule has 2 rings (SSSR count). The van der Waals surface area contributed by atoms with E-state index in [-0.39, 0.29) is 11.7 Å². The van der Waals surface area contributed by atoms with Gasteiger partial charge in [0, 0.05) is 23.5 Å². The fourth-order valence-electron chi connectivity index (χ4n) is 2.17. The molecule has 0 spiro atoms. The lowest BCUT2D eigenvalue weighted by atomic mass is 9.91. The minimum atomic E-state index is -0.389. The van der Waals surface area contributed by atoms with Gasteiger partial charge < -0.3 is 4.90 Å². The second-order valence-electron chi connectivity index (χ2n) is 4.75. The highest BCUT2D eigenvalue weighted by atomic mass is 79.9. The Kier molecular flexibility index (Phi) is 5.39. The number of hydrogen-bond acceptors (Lipinski definition) is 1. The fraction of sp³-hybridized carbons (Fsp3) is 0.500. The Hall–Kier alpha value is -0.420. The lowest BCUT2D eigenvalue weighted by molar-refractivity contribution is 0.0580. The third-order valence-electron chi connectivity index (χ3n) is 3.48. The van der Waals surface area contributed by atoms with Crippen LogP contribution in [0.15, 0.2) is 22.7 Å². The monoisotopic (exact) mass is 391 g/mol. The van der Waals surface area contributed by atoms with Crippen molar-refractivity contribution in [2.45, 2.75) is 31.7 Å². The molecule has 1 saturated carbocycles. The molecule has 0 aliphatic heterocycles. The summed E-state index contributed by atoms with van der Waals surface area (Å²) in [4.78, 5) is 14.4. The summed E-state index contributed by atoms with van der Waals surface area (Å²) in [6.07, 6.45) is 4.22. The van der Waals surface area contributed by atoms with Crippen molar-refractivity contribution in [3.05, 3.63) is 34.1 Å². The van der Waals surface area contributed by atoms with Crippen LogP contribution in [-0.2, 0) is 0 Å². The number of benzene rings is 1. The first-order chi connectivity index (χ1) is 9.13. The first-order valence-electron chi connectivity index (χ1n) is 6.45. The van der Waals surface area contributed by atoms with Crippen LogP contribution in [-0.4, -0.2) is 28.7 Å². The van der Waals surface area contributed by atoms with Crippen LogP contribution in [0.25, 0.3) is 0 Å². The van der Waals surface area contributed by atoms with E-state index in [1.54, 1.807) is 12.1 Å². The third-order valence-corrected chi connectivity index (χ3v) is 4.68. The largest absolute Gasteiger partial charge is 0.336 e. The van der Waals surface area contributed by atoms with Gasteiger partial charge in [0.2, 0.25) is 0 Å². The maximum absolute atomic E-state index is 13.5. The van der Waals surface area contributed by atoms with Crippen molar-refractivity contribution >= 4 is 37.8 Å². The molecule has 1 aliphatic carbocycles. The number of alkyl halides is 1. The minimum absolute atomic E-state index is 0.0583. The maximum Gasteiger partial charge on any atom is 0.254 e. The Morgan fingerprint density at radius 3 is 2.68 bits per heavy atom. The zero-order valence-corrected chi connectivity index (χ0v) is 13.7. The number of hydrogen-bond donors (Lipinski definition) is 0. The van der Waals surface area contributed by atoms with Gasteiger partial charge in [-0.2, -0.15) is 0 Å². The van der Waals surface area contributed by atoms with Gasteiger partial charge in [-0.1, -0.05) is 15.9 Å². The SMILES string of the molecule is O=C(c1ccc(Br)c(F)c1)N(CCCBr)C1CCC1. The predicted octanol–water partition coefficient (Wildman–Crippen LogP) is 4.37. The standard InChI is InChI=1S/C14H16Br2FNO/c15-7-2-8-18(11-3-1-4-11)14(19)10-5-6-12(16)13(17)9-10/h5-6,9,11H,1-4,7-8H2. The molecule has 104 valence electrons. The van der Waals surface area contributed by atoms with Gasteiger partial charge in [-0.3, -0.25) is 4.79 Å². The lowest BCUT2D eigenvalue weighted by Gasteiger charge is -2.37. The van der Waals surface area contributed by atoms with E-state index in [0.29, 0.717) is 16.1 Å². The van der Waals surface area contributed by atoms with Crippen LogP contribution in [0.4, 0.5) is 4.39 Å². The molecule has 0 aromatic heterocycles. The van der Waals surface area contributed by atoms with Crippen LogP contribution < -0.4 is 0 Å². The predicted molar refractivity (Wildman–Crippen MR) is 81.2 cm³/mol. The molecule has 19 heavy (non-hydrogen) atoms. The molecule has 1 aromatic rings. The Morgan fingerprint density at radius 2 is 2.16 bits per heavy atom. The van der Waals surface area contributed by atoms with Crippen LogP contribution in [0.2, 0.25) is 0 Å². The topological polar surface area (TPSA) is 20.3 Å². The first kappa shape index (κ1) is 15.0. The zero-order valence-electron chi connectivity index (χ0n) is 10.5. The molecular formula is C14H16Br2FNO. The Labute approximate surface area is 129 Å². The number of carbonyl (C=O) groups is 1. The van der Waals surface area contributed by atoms with Crippen molar-refractivity contribution in [3.8, 4) is 0 Å². The van der Waals surface area contributed by atoms with E-state index in [9.17, 15) is 9.18 Å². The average molecular weight is 393 g/mol. The molecule has 1 amide bonds. The summed E-state index contributed by atoms with van der Waals surface area (Å²) >= 11 is 6.49. The fourth-order valence-corrected chi connectivity index (χ4v) is 2.67. The highest BCUT2D eigenvalue weighted by molar-refractivity contribution is 9.10. The summed E-state index contributed by atoms with van der Waals surface area (Å²) in [5, 5.41) is 0.873. The summed E-state index contributed by atoms with van der Waals surface area (Å²) in [6, 6.07) is 4.91. The normalized spacial score (nSPS) is 15.1. The van der Waals surface area contributed by atoms with Crippen LogP contribution in [0, 0.1) is 5.82 Å². The molecule has 1 aromatic carbocycles. The van der Waals surface area contributed by atoms with Crippen molar-refractivity contribution < 1.29 is 9.18 Å². The number of carbonyl (C=O) groups excluding carboxylic acids is 1. The van der Waals surface area contributed by atoms with E-state index >= 15 is 0 Å². The van der Waals surface area contributed by atoms with E-state index in [2.05, 4.69) is 31.9 Å². The zero-order chi connectivity index (χ0) is 13.8. The third kappa shape index (κ3) is 3.57. The number of halogens is 3. The number of nitrogens with zero attached hydrogens (tertiary/aromatic N) is 1. The highest BCUT2D eigenvalue weighted by Crippen LogP contribution is 2.27. The molecule has 5 heteroatoms. The van der Waals surface area contributed by atoms with E-state index in [0.717, 1.165) is 31.1 Å². The van der Waals surface area contributed by atoms with Gasteiger partial charge in [0.05, 0.1) is 4.47 Å². The van der Waals surface area contributed by atoms with Gasteiger partial charge in [-0.25, -0.2) is 4.39 Å². The van der Waals surface area contributed by atoms with Crippen molar-refractivity contribution in [1.29, 1.82) is 0 Å². The molecule has 1 fully saturated rings. The Morgan fingerprint density at radius 1 is 1.42 bits per heavy atom. The molecule has 0 atom stereocenters. The van der Waals surface area contributed by atoms with E-state index < -0.39 is 0 Å². The number of rotatable bonds is 5. The molecule has 1 aliphatic rings. The lowest BCUT2D eigenvalue weighted by Crippen LogP contribution is -2.44. The summed E-state index contributed by atoms with van der Waals surface area (Å²) in [7, 11) is 0. The molecule has 0 saturated heterocycles. The van der Waals surface area contributed by atoms with Gasteiger partial charge in [-0.05, 0) is 59.8 Å². The second kappa shape index (κ2) is 6.84. The Bertz CT molecular complexity index is 463. The van der Waals surface area contributed by atoms with E-state index in [1.807, 2.05) is 4.90 Å². The van der Waals surface area contributed by atoms with Gasteiger partial charge in [0.25, 0.3) is 5.91 Å². The van der Waals surface area contributed by atoms with Gasteiger partial charge >= 0.3 is 0 Å². The van der Waals surface area contributed by atoms with Crippen molar-refractivity contribution in [1.82, 2.24) is 4.90 Å². The van der Waals surface area contributed by atoms with Crippen LogP contribution >= 0.6 is 31.9 Å². The van der Waals surface area contributed by atoms with Crippen molar-refractivity contribution in [2.24, 2.45) is 0 Å². The summed E-state index contributed by atoms with van der Waals surface area (Å²) < 4.78 is 13.9. The summed E-state index contributed by atoms with van der Waals surface area (Å²) in [5.41, 5.74) is 0.433. The molecule has 2 nitrogen and oxygen atoms in total. The first-order valence-corrected chi connectivity index (χ1v) is 8.37. The van der Waals surface area contributed by atoms with Crippen LogP contribution in [0.5, 0.6) is 0 Å². The van der Waals surface area contributed by atoms with Crippen molar-refractivity contribution in [3.63, 3.8) is 0 Å². The Balaban J connectivity index is 2.15. The average Bonchev–Trinajstić information content (AvgIpc) is 2.34. The minimum Gasteiger partial charge on any atom is -0.336 e. The highest BCUT2D eigenvalue weighted by Gasteiger charge is 2.29. The van der Waals surface area contributed by atoms with Gasteiger partial charge in [0.1, 0.15) is 5.82 Å². The van der Waals surface area contributed by atoms with Crippen LogP contribution in [0.1, 0.15) is 36.0 Å². The van der Waals surface area contributed by atoms with Crippen LogP contribution in [0.3, 0.4) is 0 Å². The smallest absolute Gasteiger partial charge is 0.254 e. The molecule has 0 radical (unpaired) electrons. The molecule has 0 heterocycles. The quantitative estimate of drug-likeness (QED) is 0.681. The number of amides is 1. The van der Waals surface area contributed by atoms with Crippen molar-refractivity contribution in [2.75, 3.05) is 11.9 Å². The second-order valence-corrected chi connectivity index (χ2v) is 6.40. The molecular weight excluding hydrogens is 377 g/mol. The molecule has 0 unspecified atom stereocenters. The summed E-state index contributed by atoms with van der Waals surface area (Å²) in [6.45, 7) is 0.729. The van der Waals surface area contributed by atoms with Gasteiger partial charge in [0.15, 0.2) is 0 Å².